The fourth-order valence-electron chi connectivity index (χ4n) is 7.57. The Bertz CT molecular complexity index is 2340. The first-order valence-electron chi connectivity index (χ1n) is 18.2. The van der Waals surface area contributed by atoms with E-state index in [0.29, 0.717) is 49.8 Å². The number of likely N-dealkylation sites (tertiary alicyclic amines) is 1. The quantitative estimate of drug-likeness (QED) is 0.193. The minimum absolute atomic E-state index is 0.0688. The van der Waals surface area contributed by atoms with Gasteiger partial charge in [0.1, 0.15) is 22.7 Å². The molecule has 2 amide bonds. The molecule has 0 saturated carbocycles. The van der Waals surface area contributed by atoms with Crippen molar-refractivity contribution in [3.8, 4) is 11.3 Å². The molecule has 3 aromatic heterocycles. The molecule has 0 radical (unpaired) electrons. The van der Waals surface area contributed by atoms with Crippen molar-refractivity contribution in [3.05, 3.63) is 120 Å². The van der Waals surface area contributed by atoms with E-state index in [0.717, 1.165) is 28.2 Å². The zero-order chi connectivity index (χ0) is 37.6. The van der Waals surface area contributed by atoms with E-state index < -0.39 is 28.9 Å². The molecule has 0 unspecified atom stereocenters. The van der Waals surface area contributed by atoms with Crippen LogP contribution in [0.15, 0.2) is 85.1 Å². The molecule has 0 atom stereocenters. The van der Waals surface area contributed by atoms with Crippen molar-refractivity contribution < 1.29 is 23.1 Å². The number of fused-ring (bicyclic) bond motifs is 2. The van der Waals surface area contributed by atoms with Crippen LogP contribution in [0.5, 0.6) is 0 Å². The van der Waals surface area contributed by atoms with E-state index in [1.54, 1.807) is 14.5 Å². The number of nitrogens with zero attached hydrogens (tertiary/aromatic N) is 9. The van der Waals surface area contributed by atoms with Gasteiger partial charge in [0.25, 0.3) is 5.91 Å². The summed E-state index contributed by atoms with van der Waals surface area (Å²) < 4.78 is 39.9. The molecule has 54 heavy (non-hydrogen) atoms. The van der Waals surface area contributed by atoms with Gasteiger partial charge in [-0.05, 0) is 62.9 Å². The van der Waals surface area contributed by atoms with Crippen molar-refractivity contribution in [3.63, 3.8) is 0 Å². The molecule has 8 rings (SSSR count). The third-order valence-electron chi connectivity index (χ3n) is 10.3. The van der Waals surface area contributed by atoms with E-state index in [2.05, 4.69) is 55.4 Å². The van der Waals surface area contributed by atoms with Crippen molar-refractivity contribution >= 4 is 22.9 Å². The summed E-state index contributed by atoms with van der Waals surface area (Å²) in [5.41, 5.74) is 2.24. The Labute approximate surface area is 310 Å². The Kier molecular flexibility index (Phi) is 8.98. The van der Waals surface area contributed by atoms with Gasteiger partial charge in [-0.15, -0.1) is 15.3 Å². The molecule has 6 aromatic rings. The van der Waals surface area contributed by atoms with E-state index in [1.807, 2.05) is 61.9 Å². The largest absolute Gasteiger partial charge is 0.444 e. The van der Waals surface area contributed by atoms with Gasteiger partial charge in [-0.1, -0.05) is 65.9 Å². The summed E-state index contributed by atoms with van der Waals surface area (Å²) in [5.74, 6) is -0.938. The zero-order valence-electron chi connectivity index (χ0n) is 30.5. The summed E-state index contributed by atoms with van der Waals surface area (Å²) in [4.78, 5) is 31.3. The average molecular weight is 734 g/mol. The van der Waals surface area contributed by atoms with Crippen LogP contribution in [0.1, 0.15) is 56.5 Å². The third kappa shape index (κ3) is 6.60. The molecule has 5 heterocycles. The highest BCUT2D eigenvalue weighted by atomic mass is 19.2. The number of para-hydroxylation sites is 1. The SMILES string of the molecule is CC(C)(C)OC(=O)N1CCC(C(=O)N2CCn3c(Cc4cccc(F)c4F)nnc3C2)(n2cc(Cn3c(-c4ccccc4)cc4ccccc43)nn2)CC1. The first kappa shape index (κ1) is 35.1. The topological polar surface area (TPSA) is 116 Å². The van der Waals surface area contributed by atoms with E-state index >= 15 is 0 Å². The second kappa shape index (κ2) is 13.8. The highest BCUT2D eigenvalue weighted by Gasteiger charge is 2.48. The number of ether oxygens (including phenoxy) is 1. The van der Waals surface area contributed by atoms with Gasteiger partial charge in [-0.3, -0.25) is 4.79 Å². The number of hydrogen-bond acceptors (Lipinski definition) is 7. The molecule has 2 aliphatic rings. The maximum absolute atomic E-state index is 14.9. The van der Waals surface area contributed by atoms with Crippen LogP contribution in [-0.4, -0.2) is 81.4 Å². The lowest BCUT2D eigenvalue weighted by atomic mass is 9.85. The molecular formula is C40H41F2N9O3. The van der Waals surface area contributed by atoms with Crippen molar-refractivity contribution in [2.24, 2.45) is 0 Å². The van der Waals surface area contributed by atoms with Crippen LogP contribution < -0.4 is 0 Å². The van der Waals surface area contributed by atoms with E-state index in [4.69, 9.17) is 4.74 Å². The van der Waals surface area contributed by atoms with Crippen molar-refractivity contribution in [2.75, 3.05) is 19.6 Å². The van der Waals surface area contributed by atoms with Gasteiger partial charge < -0.3 is 23.7 Å². The fraction of sp³-hybridized carbons (Fsp3) is 0.350. The Hall–Kier alpha value is -5.92. The number of piperidine rings is 1. The van der Waals surface area contributed by atoms with Crippen LogP contribution >= 0.6 is 0 Å². The van der Waals surface area contributed by atoms with Gasteiger partial charge in [0.15, 0.2) is 17.5 Å². The highest BCUT2D eigenvalue weighted by molar-refractivity contribution is 5.87. The number of halogens is 2. The van der Waals surface area contributed by atoms with Gasteiger partial charge in [0.05, 0.1) is 19.3 Å². The predicted molar refractivity (Wildman–Crippen MR) is 196 cm³/mol. The minimum atomic E-state index is -1.14. The molecule has 0 N–H and O–H groups in total. The third-order valence-corrected chi connectivity index (χ3v) is 10.3. The lowest BCUT2D eigenvalue weighted by Gasteiger charge is -2.43. The van der Waals surface area contributed by atoms with Gasteiger partial charge in [-0.25, -0.2) is 18.3 Å². The maximum Gasteiger partial charge on any atom is 0.410 e. The molecule has 1 saturated heterocycles. The molecule has 0 aliphatic carbocycles. The summed E-state index contributed by atoms with van der Waals surface area (Å²) >= 11 is 0. The second-order valence-electron chi connectivity index (χ2n) is 15.0. The first-order valence-corrected chi connectivity index (χ1v) is 18.2. The van der Waals surface area contributed by atoms with E-state index in [-0.39, 0.29) is 37.5 Å². The number of rotatable bonds is 7. The van der Waals surface area contributed by atoms with E-state index in [1.165, 1.54) is 12.1 Å². The first-order chi connectivity index (χ1) is 26.0. The average Bonchev–Trinajstić information content (AvgIpc) is 3.91. The summed E-state index contributed by atoms with van der Waals surface area (Å²) in [7, 11) is 0. The second-order valence-corrected chi connectivity index (χ2v) is 15.0. The molecule has 2 aliphatic heterocycles. The molecule has 12 nitrogen and oxygen atoms in total. The molecule has 3 aromatic carbocycles. The Morgan fingerprint density at radius 2 is 1.61 bits per heavy atom. The molecular weight excluding hydrogens is 692 g/mol. The number of carbonyl (C=O) groups excluding carboxylic acids is 2. The van der Waals surface area contributed by atoms with Gasteiger partial charge in [-0.2, -0.15) is 0 Å². The van der Waals surface area contributed by atoms with Crippen molar-refractivity contribution in [1.29, 1.82) is 0 Å². The lowest BCUT2D eigenvalue weighted by molar-refractivity contribution is -0.146. The molecule has 14 heteroatoms. The molecule has 0 bridgehead atoms. The smallest absolute Gasteiger partial charge is 0.410 e. The normalized spacial score (nSPS) is 15.7. The fourth-order valence-corrected chi connectivity index (χ4v) is 7.57. The van der Waals surface area contributed by atoms with E-state index in [9.17, 15) is 18.4 Å². The number of carbonyl (C=O) groups is 2. The summed E-state index contributed by atoms with van der Waals surface area (Å²) in [6.07, 6.45) is 2.08. The Morgan fingerprint density at radius 3 is 2.39 bits per heavy atom. The van der Waals surface area contributed by atoms with Crippen molar-refractivity contribution in [2.45, 2.75) is 70.8 Å². The van der Waals surface area contributed by atoms with Crippen molar-refractivity contribution in [1.82, 2.24) is 44.1 Å². The maximum atomic E-state index is 14.9. The Morgan fingerprint density at radius 1 is 0.852 bits per heavy atom. The van der Waals surface area contributed by atoms with Crippen LogP contribution in [0.3, 0.4) is 0 Å². The molecule has 278 valence electrons. The minimum Gasteiger partial charge on any atom is -0.444 e. The van der Waals surface area contributed by atoms with Crippen LogP contribution in [0, 0.1) is 11.6 Å². The molecule has 1 fully saturated rings. The monoisotopic (exact) mass is 733 g/mol. The summed E-state index contributed by atoms with van der Waals surface area (Å²) in [6.45, 7) is 7.36. The van der Waals surface area contributed by atoms with Crippen LogP contribution in [0.2, 0.25) is 0 Å². The summed E-state index contributed by atoms with van der Waals surface area (Å²) in [5, 5.41) is 19.0. The number of benzene rings is 3. The number of amides is 2. The van der Waals surface area contributed by atoms with Crippen LogP contribution in [-0.2, 0) is 41.1 Å². The van der Waals surface area contributed by atoms with Crippen LogP contribution in [0.25, 0.3) is 22.2 Å². The van der Waals surface area contributed by atoms with Crippen LogP contribution in [0.4, 0.5) is 13.6 Å². The summed E-state index contributed by atoms with van der Waals surface area (Å²) in [6, 6.07) is 24.6. The molecule has 0 spiro atoms. The standard InChI is InChI=1S/C40H41F2N9O3/c1-39(2,3)54-38(53)47-18-16-40(17-19-47,37(52)48-20-21-49-34(44-45-35(49)26-48)23-29-13-9-14-31(41)36(29)42)51-25-30(43-46-51)24-50-32-15-8-7-12-28(32)22-33(50)27-10-5-4-6-11-27/h4-15,22,25H,16-21,23-24,26H2,1-3H3. The Balaban J connectivity index is 1.09. The van der Waals surface area contributed by atoms with Gasteiger partial charge >= 0.3 is 6.09 Å². The zero-order valence-corrected chi connectivity index (χ0v) is 30.5. The number of hydrogen-bond donors (Lipinski definition) is 0. The number of aromatic nitrogens is 7. The van der Waals surface area contributed by atoms with Gasteiger partial charge in [0, 0.05) is 49.2 Å². The van der Waals surface area contributed by atoms with Gasteiger partial charge in [0.2, 0.25) is 0 Å². The lowest BCUT2D eigenvalue weighted by Crippen LogP contribution is -2.58. The highest BCUT2D eigenvalue weighted by Crippen LogP contribution is 2.35. The predicted octanol–water partition coefficient (Wildman–Crippen LogP) is 6.18.